The minimum absolute atomic E-state index is 0.134. The van der Waals surface area contributed by atoms with Gasteiger partial charge in [-0.3, -0.25) is 10.4 Å². The van der Waals surface area contributed by atoms with E-state index in [1.807, 2.05) is 23.6 Å². The van der Waals surface area contributed by atoms with E-state index in [-0.39, 0.29) is 17.0 Å². The lowest BCUT2D eigenvalue weighted by Crippen LogP contribution is -2.42. The van der Waals surface area contributed by atoms with Gasteiger partial charge < -0.3 is 5.73 Å². The largest absolute Gasteiger partial charge is 0.375 e. The molecule has 1 aromatic carbocycles. The van der Waals surface area contributed by atoms with Gasteiger partial charge in [-0.05, 0) is 47.4 Å². The lowest BCUT2D eigenvalue weighted by Gasteiger charge is -2.25. The molecule has 0 bridgehead atoms. The molecule has 102 valence electrons. The van der Waals surface area contributed by atoms with Gasteiger partial charge in [0.25, 0.3) is 0 Å². The summed E-state index contributed by atoms with van der Waals surface area (Å²) in [6.07, 6.45) is 2.04. The van der Waals surface area contributed by atoms with Crippen molar-refractivity contribution < 1.29 is 4.39 Å². The average molecular weight is 305 g/mol. The molecule has 0 amide bonds. The molecule has 0 saturated carbocycles. The van der Waals surface area contributed by atoms with E-state index in [4.69, 9.17) is 18.0 Å². The second-order valence-electron chi connectivity index (χ2n) is 4.37. The van der Waals surface area contributed by atoms with Gasteiger partial charge in [0.1, 0.15) is 5.82 Å². The fraction of sp³-hybridized carbons (Fsp3) is 0.0714. The van der Waals surface area contributed by atoms with Crippen molar-refractivity contribution >= 4 is 34.4 Å². The number of hydrogen-bond donors (Lipinski definition) is 2. The van der Waals surface area contributed by atoms with Crippen LogP contribution in [-0.4, -0.2) is 10.1 Å². The number of nitrogens with one attached hydrogen (secondary N) is 1. The Morgan fingerprint density at radius 1 is 1.30 bits per heavy atom. The van der Waals surface area contributed by atoms with Crippen LogP contribution in [0.1, 0.15) is 16.5 Å². The standard InChI is InChI=1S/C14H12FN3S2/c15-10-5-3-9(4-6-10)12-8-11(13-2-1-7-20-13)17-18(12)14(16)19/h1-8,12,17H,(H2,16,19). The van der Waals surface area contributed by atoms with E-state index in [9.17, 15) is 4.39 Å². The molecule has 0 radical (unpaired) electrons. The maximum Gasteiger partial charge on any atom is 0.186 e. The lowest BCUT2D eigenvalue weighted by molar-refractivity contribution is 0.345. The number of hydrazine groups is 1. The highest BCUT2D eigenvalue weighted by atomic mass is 32.1. The first-order valence-corrected chi connectivity index (χ1v) is 7.30. The number of rotatable bonds is 2. The fourth-order valence-corrected chi connectivity index (χ4v) is 3.00. The first-order chi connectivity index (χ1) is 9.65. The van der Waals surface area contributed by atoms with Crippen molar-refractivity contribution in [2.45, 2.75) is 6.04 Å². The molecule has 20 heavy (non-hydrogen) atoms. The van der Waals surface area contributed by atoms with Crippen LogP contribution in [0.5, 0.6) is 0 Å². The summed E-state index contributed by atoms with van der Waals surface area (Å²) >= 11 is 6.71. The van der Waals surface area contributed by atoms with Gasteiger partial charge in [0, 0.05) is 0 Å². The molecular formula is C14H12FN3S2. The summed E-state index contributed by atoms with van der Waals surface area (Å²) < 4.78 is 13.0. The highest BCUT2D eigenvalue weighted by Crippen LogP contribution is 2.32. The zero-order valence-corrected chi connectivity index (χ0v) is 12.0. The number of hydrogen-bond acceptors (Lipinski definition) is 3. The molecule has 0 fully saturated rings. The lowest BCUT2D eigenvalue weighted by atomic mass is 10.1. The Hall–Kier alpha value is -1.92. The molecule has 2 aromatic rings. The molecule has 1 aromatic heterocycles. The quantitative estimate of drug-likeness (QED) is 0.837. The molecule has 1 aliphatic rings. The molecule has 6 heteroatoms. The zero-order valence-electron chi connectivity index (χ0n) is 10.4. The third-order valence-electron chi connectivity index (χ3n) is 3.08. The number of halogens is 1. The zero-order chi connectivity index (χ0) is 14.1. The van der Waals surface area contributed by atoms with Crippen molar-refractivity contribution in [1.82, 2.24) is 10.4 Å². The summed E-state index contributed by atoms with van der Waals surface area (Å²) in [5.74, 6) is -0.260. The summed E-state index contributed by atoms with van der Waals surface area (Å²) in [6, 6.07) is 10.2. The van der Waals surface area contributed by atoms with Gasteiger partial charge in [-0.25, -0.2) is 4.39 Å². The Morgan fingerprint density at radius 3 is 2.65 bits per heavy atom. The molecule has 0 saturated heterocycles. The minimum atomic E-state index is -0.260. The molecule has 0 spiro atoms. The van der Waals surface area contributed by atoms with Crippen LogP contribution in [-0.2, 0) is 0 Å². The van der Waals surface area contributed by atoms with E-state index in [1.165, 1.54) is 12.1 Å². The maximum absolute atomic E-state index is 13.0. The number of thiophene rings is 1. The third kappa shape index (κ3) is 2.39. The van der Waals surface area contributed by atoms with Crippen LogP contribution < -0.4 is 11.2 Å². The van der Waals surface area contributed by atoms with Gasteiger partial charge in [0.15, 0.2) is 5.11 Å². The summed E-state index contributed by atoms with van der Waals surface area (Å²) in [5, 5.41) is 3.97. The molecule has 3 N–H and O–H groups in total. The normalized spacial score (nSPS) is 17.8. The Bertz CT molecular complexity index is 650. The van der Waals surface area contributed by atoms with Crippen molar-refractivity contribution in [2.75, 3.05) is 0 Å². The van der Waals surface area contributed by atoms with Gasteiger partial charge in [0.2, 0.25) is 0 Å². The fourth-order valence-electron chi connectivity index (χ4n) is 2.14. The molecule has 3 nitrogen and oxygen atoms in total. The van der Waals surface area contributed by atoms with Crippen molar-refractivity contribution in [3.05, 3.63) is 64.1 Å². The molecule has 3 rings (SSSR count). The van der Waals surface area contributed by atoms with Crippen LogP contribution in [0.15, 0.2) is 47.9 Å². The van der Waals surface area contributed by atoms with Gasteiger partial charge in [-0.1, -0.05) is 18.2 Å². The highest BCUT2D eigenvalue weighted by molar-refractivity contribution is 7.80. The molecule has 1 aliphatic heterocycles. The van der Waals surface area contributed by atoms with Gasteiger partial charge in [-0.2, -0.15) is 0 Å². The van der Waals surface area contributed by atoms with Crippen LogP contribution in [0.4, 0.5) is 4.39 Å². The van der Waals surface area contributed by atoms with Crippen LogP contribution in [0, 0.1) is 5.82 Å². The second kappa shape index (κ2) is 5.22. The maximum atomic E-state index is 13.0. The molecule has 1 atom stereocenters. The monoisotopic (exact) mass is 305 g/mol. The van der Waals surface area contributed by atoms with Gasteiger partial charge in [0.05, 0.1) is 16.6 Å². The van der Waals surface area contributed by atoms with E-state index in [0.717, 1.165) is 16.1 Å². The van der Waals surface area contributed by atoms with E-state index in [0.29, 0.717) is 0 Å². The van der Waals surface area contributed by atoms with Gasteiger partial charge in [-0.15, -0.1) is 11.3 Å². The van der Waals surface area contributed by atoms with E-state index in [1.54, 1.807) is 28.5 Å². The number of thiocarbonyl (C=S) groups is 1. The SMILES string of the molecule is NC(=S)N1NC(c2cccs2)=CC1c1ccc(F)cc1. The molecule has 2 heterocycles. The molecule has 0 aliphatic carbocycles. The highest BCUT2D eigenvalue weighted by Gasteiger charge is 2.27. The number of benzene rings is 1. The van der Waals surface area contributed by atoms with Crippen LogP contribution in [0.25, 0.3) is 5.70 Å². The van der Waals surface area contributed by atoms with Gasteiger partial charge >= 0.3 is 0 Å². The second-order valence-corrected chi connectivity index (χ2v) is 5.74. The summed E-state index contributed by atoms with van der Waals surface area (Å²) in [5.41, 5.74) is 10.9. The van der Waals surface area contributed by atoms with Crippen LogP contribution in [0.2, 0.25) is 0 Å². The van der Waals surface area contributed by atoms with Crippen LogP contribution in [0.3, 0.4) is 0 Å². The van der Waals surface area contributed by atoms with Crippen molar-refractivity contribution in [2.24, 2.45) is 5.73 Å². The topological polar surface area (TPSA) is 41.3 Å². The number of nitrogens with zero attached hydrogens (tertiary/aromatic N) is 1. The first-order valence-electron chi connectivity index (χ1n) is 6.01. The summed E-state index contributed by atoms with van der Waals surface area (Å²) in [6.45, 7) is 0. The predicted molar refractivity (Wildman–Crippen MR) is 83.2 cm³/mol. The number of nitrogens with two attached hydrogens (primary N) is 1. The first kappa shape index (κ1) is 13.1. The van der Waals surface area contributed by atoms with E-state index in [2.05, 4.69) is 5.43 Å². The Labute approximate surface area is 125 Å². The van der Waals surface area contributed by atoms with Crippen molar-refractivity contribution in [3.63, 3.8) is 0 Å². The Morgan fingerprint density at radius 2 is 2.05 bits per heavy atom. The predicted octanol–water partition coefficient (Wildman–Crippen LogP) is 3.03. The van der Waals surface area contributed by atoms with Crippen LogP contribution >= 0.6 is 23.6 Å². The van der Waals surface area contributed by atoms with Crippen molar-refractivity contribution in [1.29, 1.82) is 0 Å². The van der Waals surface area contributed by atoms with E-state index >= 15 is 0 Å². The third-order valence-corrected chi connectivity index (χ3v) is 4.18. The minimum Gasteiger partial charge on any atom is -0.375 e. The molecule has 1 unspecified atom stereocenters. The average Bonchev–Trinajstić information content (AvgIpc) is 3.08. The summed E-state index contributed by atoms with van der Waals surface area (Å²) in [4.78, 5) is 1.11. The Balaban J connectivity index is 1.97. The van der Waals surface area contributed by atoms with Crippen molar-refractivity contribution in [3.8, 4) is 0 Å². The summed E-state index contributed by atoms with van der Waals surface area (Å²) in [7, 11) is 0. The Kier molecular flexibility index (Phi) is 3.42. The smallest absolute Gasteiger partial charge is 0.186 e. The van der Waals surface area contributed by atoms with E-state index < -0.39 is 0 Å². The molecular weight excluding hydrogens is 293 g/mol.